The van der Waals surface area contributed by atoms with Crippen LogP contribution in [0.2, 0.25) is 0 Å². The molecule has 1 N–H and O–H groups in total. The number of aryl methyl sites for hydroxylation is 1. The van der Waals surface area contributed by atoms with Gasteiger partial charge in [0.15, 0.2) is 0 Å². The van der Waals surface area contributed by atoms with Crippen molar-refractivity contribution >= 4 is 5.69 Å². The van der Waals surface area contributed by atoms with Gasteiger partial charge in [0.25, 0.3) is 5.56 Å². The third kappa shape index (κ3) is 3.60. The summed E-state index contributed by atoms with van der Waals surface area (Å²) in [6.07, 6.45) is 4.27. The van der Waals surface area contributed by atoms with Gasteiger partial charge in [0.05, 0.1) is 5.69 Å². The van der Waals surface area contributed by atoms with E-state index in [0.29, 0.717) is 12.1 Å². The Kier molecular flexibility index (Phi) is 4.64. The van der Waals surface area contributed by atoms with Gasteiger partial charge < -0.3 is 14.8 Å². The Labute approximate surface area is 115 Å². The summed E-state index contributed by atoms with van der Waals surface area (Å²) in [4.78, 5) is 14.1. The second-order valence-corrected chi connectivity index (χ2v) is 5.59. The van der Waals surface area contributed by atoms with Crippen LogP contribution in [0.4, 0.5) is 5.69 Å². The number of hydrogen-bond acceptors (Lipinski definition) is 3. The van der Waals surface area contributed by atoms with Gasteiger partial charge in [0.2, 0.25) is 0 Å². The van der Waals surface area contributed by atoms with Crippen LogP contribution in [0.3, 0.4) is 0 Å². The van der Waals surface area contributed by atoms with E-state index < -0.39 is 0 Å². The maximum atomic E-state index is 11.5. The fourth-order valence-electron chi connectivity index (χ4n) is 2.66. The number of aromatic nitrogens is 1. The van der Waals surface area contributed by atoms with Crippen molar-refractivity contribution in [3.05, 3.63) is 28.7 Å². The van der Waals surface area contributed by atoms with Gasteiger partial charge in [-0.15, -0.1) is 0 Å². The normalized spacial score (nSPS) is 17.9. The summed E-state index contributed by atoms with van der Waals surface area (Å²) in [5, 5.41) is 3.56. The Morgan fingerprint density at radius 1 is 1.32 bits per heavy atom. The number of hydrogen-bond donors (Lipinski definition) is 1. The highest BCUT2D eigenvalue weighted by Gasteiger charge is 2.20. The number of rotatable bonds is 4. The van der Waals surface area contributed by atoms with Crippen LogP contribution in [0.25, 0.3) is 0 Å². The zero-order valence-corrected chi connectivity index (χ0v) is 12.2. The minimum absolute atomic E-state index is 0.0719. The molecule has 4 nitrogen and oxygen atoms in total. The highest BCUT2D eigenvalue weighted by molar-refractivity contribution is 5.41. The van der Waals surface area contributed by atoms with Crippen molar-refractivity contribution in [3.63, 3.8) is 0 Å². The smallest absolute Gasteiger partial charge is 0.250 e. The minimum Gasteiger partial charge on any atom is -0.381 e. The van der Waals surface area contributed by atoms with Gasteiger partial charge in [-0.25, -0.2) is 0 Å². The largest absolute Gasteiger partial charge is 0.381 e. The number of nitrogens with one attached hydrogen (secondary N) is 1. The van der Waals surface area contributed by atoms with Crippen LogP contribution >= 0.6 is 0 Å². The summed E-state index contributed by atoms with van der Waals surface area (Å²) in [6, 6.07) is 4.71. The third-order valence-corrected chi connectivity index (χ3v) is 3.95. The van der Waals surface area contributed by atoms with Gasteiger partial charge in [-0.2, -0.15) is 0 Å². The van der Waals surface area contributed by atoms with E-state index in [0.717, 1.165) is 25.3 Å². The molecule has 0 amide bonds. The summed E-state index contributed by atoms with van der Waals surface area (Å²) in [5.74, 6) is 0. The van der Waals surface area contributed by atoms with Crippen LogP contribution in [0.5, 0.6) is 0 Å². The minimum atomic E-state index is 0.0719. The quantitative estimate of drug-likeness (QED) is 0.904. The van der Waals surface area contributed by atoms with Crippen molar-refractivity contribution in [1.29, 1.82) is 0 Å². The standard InChI is InChI=1S/C15H25N3O/c1-4-17-11-14(5-6-15(17)19)16-13-7-9-18(10-8-13)12(2)3/h5-6,11-13,16H,4,7-10H2,1-3H3. The summed E-state index contributed by atoms with van der Waals surface area (Å²) in [6.45, 7) is 9.54. The number of anilines is 1. The molecule has 1 fully saturated rings. The first-order valence-electron chi connectivity index (χ1n) is 7.31. The Hall–Kier alpha value is -1.29. The van der Waals surface area contributed by atoms with Gasteiger partial charge in [-0.3, -0.25) is 4.79 Å². The molecule has 0 saturated carbocycles. The van der Waals surface area contributed by atoms with Crippen LogP contribution in [0.15, 0.2) is 23.1 Å². The molecule has 0 aromatic carbocycles. The first-order chi connectivity index (χ1) is 9.10. The van der Waals surface area contributed by atoms with Crippen molar-refractivity contribution in [2.75, 3.05) is 18.4 Å². The molecule has 0 unspecified atom stereocenters. The summed E-state index contributed by atoms with van der Waals surface area (Å²) in [7, 11) is 0. The summed E-state index contributed by atoms with van der Waals surface area (Å²) in [5.41, 5.74) is 1.13. The van der Waals surface area contributed by atoms with E-state index in [1.165, 1.54) is 12.8 Å². The molecule has 1 aromatic rings. The number of nitrogens with zero attached hydrogens (tertiary/aromatic N) is 2. The Balaban J connectivity index is 1.94. The van der Waals surface area contributed by atoms with Gasteiger partial charge in [0, 0.05) is 44.0 Å². The molecule has 0 radical (unpaired) electrons. The van der Waals surface area contributed by atoms with Gasteiger partial charge >= 0.3 is 0 Å². The molecule has 106 valence electrons. The maximum absolute atomic E-state index is 11.5. The molecule has 4 heteroatoms. The highest BCUT2D eigenvalue weighted by Crippen LogP contribution is 2.17. The van der Waals surface area contributed by atoms with Crippen LogP contribution in [0, 0.1) is 0 Å². The van der Waals surface area contributed by atoms with Crippen LogP contribution in [-0.4, -0.2) is 34.6 Å². The SMILES string of the molecule is CCn1cc(NC2CCN(C(C)C)CC2)ccc1=O. The summed E-state index contributed by atoms with van der Waals surface area (Å²) >= 11 is 0. The molecule has 1 aliphatic rings. The molecular formula is C15H25N3O. The fourth-order valence-corrected chi connectivity index (χ4v) is 2.66. The molecule has 1 saturated heterocycles. The van der Waals surface area contributed by atoms with Crippen molar-refractivity contribution in [2.24, 2.45) is 0 Å². The van der Waals surface area contributed by atoms with E-state index in [-0.39, 0.29) is 5.56 Å². The molecule has 2 heterocycles. The number of likely N-dealkylation sites (tertiary alicyclic amines) is 1. The molecule has 0 atom stereocenters. The molecule has 0 spiro atoms. The van der Waals surface area contributed by atoms with Crippen molar-refractivity contribution < 1.29 is 0 Å². The average Bonchev–Trinajstić information content (AvgIpc) is 2.41. The van der Waals surface area contributed by atoms with Crippen LogP contribution < -0.4 is 10.9 Å². The lowest BCUT2D eigenvalue weighted by molar-refractivity contribution is 0.177. The zero-order valence-electron chi connectivity index (χ0n) is 12.2. The summed E-state index contributed by atoms with van der Waals surface area (Å²) < 4.78 is 1.74. The molecule has 19 heavy (non-hydrogen) atoms. The highest BCUT2D eigenvalue weighted by atomic mass is 16.1. The molecule has 1 aliphatic heterocycles. The van der Waals surface area contributed by atoms with Crippen LogP contribution in [0.1, 0.15) is 33.6 Å². The molecule has 0 aliphatic carbocycles. The fraction of sp³-hybridized carbons (Fsp3) is 0.667. The zero-order chi connectivity index (χ0) is 13.8. The maximum Gasteiger partial charge on any atom is 0.250 e. The molecule has 0 bridgehead atoms. The van der Waals surface area contributed by atoms with E-state index >= 15 is 0 Å². The Bertz CT molecular complexity index is 459. The topological polar surface area (TPSA) is 37.3 Å². The Morgan fingerprint density at radius 2 is 2.00 bits per heavy atom. The average molecular weight is 263 g/mol. The monoisotopic (exact) mass is 263 g/mol. The van der Waals surface area contributed by atoms with Crippen molar-refractivity contribution in [1.82, 2.24) is 9.47 Å². The molecule has 2 rings (SSSR count). The number of piperidine rings is 1. The second-order valence-electron chi connectivity index (χ2n) is 5.59. The molecular weight excluding hydrogens is 238 g/mol. The lowest BCUT2D eigenvalue weighted by Crippen LogP contribution is -2.42. The Morgan fingerprint density at radius 3 is 2.58 bits per heavy atom. The predicted octanol–water partition coefficient (Wildman–Crippen LogP) is 2.15. The number of pyridine rings is 1. The van der Waals surface area contributed by atoms with E-state index in [1.54, 1.807) is 10.6 Å². The first-order valence-corrected chi connectivity index (χ1v) is 7.31. The predicted molar refractivity (Wildman–Crippen MR) is 79.7 cm³/mol. The van der Waals surface area contributed by atoms with E-state index in [9.17, 15) is 4.79 Å². The van der Waals surface area contributed by atoms with E-state index in [2.05, 4.69) is 24.1 Å². The van der Waals surface area contributed by atoms with Gasteiger partial charge in [0.1, 0.15) is 0 Å². The second kappa shape index (κ2) is 6.24. The third-order valence-electron chi connectivity index (χ3n) is 3.95. The van der Waals surface area contributed by atoms with Gasteiger partial charge in [-0.1, -0.05) is 0 Å². The lowest BCUT2D eigenvalue weighted by atomic mass is 10.0. The van der Waals surface area contributed by atoms with E-state index in [4.69, 9.17) is 0 Å². The first kappa shape index (κ1) is 14.1. The van der Waals surface area contributed by atoms with Crippen molar-refractivity contribution in [3.8, 4) is 0 Å². The lowest BCUT2D eigenvalue weighted by Gasteiger charge is -2.35. The van der Waals surface area contributed by atoms with E-state index in [1.807, 2.05) is 19.2 Å². The van der Waals surface area contributed by atoms with Crippen molar-refractivity contribution in [2.45, 2.75) is 52.2 Å². The van der Waals surface area contributed by atoms with Gasteiger partial charge in [-0.05, 0) is 39.7 Å². The van der Waals surface area contributed by atoms with Crippen LogP contribution in [-0.2, 0) is 6.54 Å². The molecule has 1 aromatic heterocycles.